The van der Waals surface area contributed by atoms with Crippen LogP contribution in [-0.4, -0.2) is 40.7 Å². The third kappa shape index (κ3) is 4.02. The molecule has 136 valence electrons. The molecular formula is C20H27FN2O2. The normalized spacial score (nSPS) is 22.1. The van der Waals surface area contributed by atoms with Gasteiger partial charge in [-0.2, -0.15) is 0 Å². The van der Waals surface area contributed by atoms with Gasteiger partial charge < -0.3 is 9.80 Å². The lowest BCUT2D eigenvalue weighted by molar-refractivity contribution is -0.139. The van der Waals surface area contributed by atoms with Crippen LogP contribution in [0.25, 0.3) is 0 Å². The molecule has 1 atom stereocenters. The first-order valence-corrected chi connectivity index (χ1v) is 9.28. The fourth-order valence-corrected chi connectivity index (χ4v) is 3.65. The molecule has 2 amide bonds. The monoisotopic (exact) mass is 346 g/mol. The van der Waals surface area contributed by atoms with Gasteiger partial charge in [0.25, 0.3) is 0 Å². The molecule has 0 N–H and O–H groups in total. The molecule has 1 aromatic rings. The highest BCUT2D eigenvalue weighted by Crippen LogP contribution is 2.30. The minimum Gasteiger partial charge on any atom is -0.340 e. The quantitative estimate of drug-likeness (QED) is 0.840. The van der Waals surface area contributed by atoms with Gasteiger partial charge in [0.2, 0.25) is 11.8 Å². The van der Waals surface area contributed by atoms with Crippen LogP contribution >= 0.6 is 0 Å². The second-order valence-electron chi connectivity index (χ2n) is 7.62. The largest absolute Gasteiger partial charge is 0.340 e. The second kappa shape index (κ2) is 7.54. The summed E-state index contributed by atoms with van der Waals surface area (Å²) in [5, 5.41) is 0. The molecule has 1 aromatic carbocycles. The standard InChI is InChI=1S/C20H27FN2O2/c1-14(2)18-13-22(20(25)16-4-3-5-16)11-10-19(24)23(18)12-15-6-8-17(21)9-7-15/h6-9,14,16,18H,3-5,10-13H2,1-2H3. The van der Waals surface area contributed by atoms with Gasteiger partial charge in [0.05, 0.1) is 6.04 Å². The van der Waals surface area contributed by atoms with Gasteiger partial charge in [-0.3, -0.25) is 9.59 Å². The van der Waals surface area contributed by atoms with Crippen LogP contribution in [0.3, 0.4) is 0 Å². The fraction of sp³-hybridized carbons (Fsp3) is 0.600. The molecule has 1 heterocycles. The van der Waals surface area contributed by atoms with Gasteiger partial charge >= 0.3 is 0 Å². The van der Waals surface area contributed by atoms with Crippen LogP contribution in [-0.2, 0) is 16.1 Å². The number of halogens is 1. The van der Waals surface area contributed by atoms with Gasteiger partial charge in [-0.25, -0.2) is 4.39 Å². The number of carbonyl (C=O) groups is 2. The maximum absolute atomic E-state index is 13.1. The van der Waals surface area contributed by atoms with Crippen molar-refractivity contribution in [3.63, 3.8) is 0 Å². The van der Waals surface area contributed by atoms with Crippen LogP contribution < -0.4 is 0 Å². The Morgan fingerprint density at radius 2 is 1.92 bits per heavy atom. The summed E-state index contributed by atoms with van der Waals surface area (Å²) in [5.74, 6) is 0.426. The second-order valence-corrected chi connectivity index (χ2v) is 7.62. The van der Waals surface area contributed by atoms with E-state index in [1.165, 1.54) is 12.1 Å². The van der Waals surface area contributed by atoms with E-state index in [0.717, 1.165) is 24.8 Å². The molecule has 0 spiro atoms. The highest BCUT2D eigenvalue weighted by molar-refractivity contribution is 5.82. The first kappa shape index (κ1) is 17.9. The van der Waals surface area contributed by atoms with Crippen LogP contribution in [0.1, 0.15) is 45.1 Å². The molecule has 0 radical (unpaired) electrons. The molecule has 1 saturated carbocycles. The summed E-state index contributed by atoms with van der Waals surface area (Å²) in [6.07, 6.45) is 3.46. The number of amides is 2. The molecule has 3 rings (SSSR count). The molecule has 5 heteroatoms. The Kier molecular flexibility index (Phi) is 5.40. The molecule has 1 saturated heterocycles. The predicted octanol–water partition coefficient (Wildman–Crippen LogP) is 3.21. The Hall–Kier alpha value is -1.91. The highest BCUT2D eigenvalue weighted by atomic mass is 19.1. The topological polar surface area (TPSA) is 40.6 Å². The van der Waals surface area contributed by atoms with Crippen molar-refractivity contribution >= 4 is 11.8 Å². The lowest BCUT2D eigenvalue weighted by Crippen LogP contribution is -2.48. The van der Waals surface area contributed by atoms with E-state index in [0.29, 0.717) is 26.1 Å². The smallest absolute Gasteiger partial charge is 0.225 e. The average Bonchev–Trinajstić information content (AvgIpc) is 2.68. The van der Waals surface area contributed by atoms with E-state index in [9.17, 15) is 14.0 Å². The van der Waals surface area contributed by atoms with Crippen LogP contribution in [0.4, 0.5) is 4.39 Å². The van der Waals surface area contributed by atoms with Crippen molar-refractivity contribution in [1.82, 2.24) is 9.80 Å². The summed E-state index contributed by atoms with van der Waals surface area (Å²) in [5.41, 5.74) is 0.916. The maximum atomic E-state index is 13.1. The number of hydrogen-bond donors (Lipinski definition) is 0. The van der Waals surface area contributed by atoms with Crippen molar-refractivity contribution in [2.45, 2.75) is 52.1 Å². The van der Waals surface area contributed by atoms with Crippen molar-refractivity contribution in [1.29, 1.82) is 0 Å². The van der Waals surface area contributed by atoms with Gasteiger partial charge in [0, 0.05) is 32.0 Å². The zero-order valence-corrected chi connectivity index (χ0v) is 15.1. The van der Waals surface area contributed by atoms with Crippen LogP contribution in [0, 0.1) is 17.7 Å². The van der Waals surface area contributed by atoms with Crippen LogP contribution in [0.2, 0.25) is 0 Å². The summed E-state index contributed by atoms with van der Waals surface area (Å²) in [4.78, 5) is 29.2. The zero-order valence-electron chi connectivity index (χ0n) is 15.1. The summed E-state index contributed by atoms with van der Waals surface area (Å²) < 4.78 is 13.1. The molecule has 0 bridgehead atoms. The van der Waals surface area contributed by atoms with Crippen LogP contribution in [0.5, 0.6) is 0 Å². The summed E-state index contributed by atoms with van der Waals surface area (Å²) in [6.45, 7) is 5.75. The SMILES string of the molecule is CC(C)C1CN(C(=O)C2CCC2)CCC(=O)N1Cc1ccc(F)cc1. The van der Waals surface area contributed by atoms with Gasteiger partial charge in [-0.05, 0) is 36.5 Å². The fourth-order valence-electron chi connectivity index (χ4n) is 3.65. The molecule has 0 aromatic heterocycles. The number of benzene rings is 1. The summed E-state index contributed by atoms with van der Waals surface area (Å²) in [7, 11) is 0. The molecule has 1 aliphatic heterocycles. The number of rotatable bonds is 4. The molecule has 4 nitrogen and oxygen atoms in total. The van der Waals surface area contributed by atoms with Gasteiger partial charge in [-0.15, -0.1) is 0 Å². The number of hydrogen-bond acceptors (Lipinski definition) is 2. The van der Waals surface area contributed by atoms with Crippen molar-refractivity contribution in [2.24, 2.45) is 11.8 Å². The maximum Gasteiger partial charge on any atom is 0.225 e. The summed E-state index contributed by atoms with van der Waals surface area (Å²) >= 11 is 0. The molecule has 25 heavy (non-hydrogen) atoms. The minimum atomic E-state index is -0.274. The number of carbonyl (C=O) groups excluding carboxylic acids is 2. The Bertz CT molecular complexity index is 625. The van der Waals surface area contributed by atoms with Gasteiger partial charge in [0.1, 0.15) is 5.82 Å². The Morgan fingerprint density at radius 1 is 1.24 bits per heavy atom. The molecule has 2 aliphatic rings. The van der Waals surface area contributed by atoms with Crippen molar-refractivity contribution in [3.05, 3.63) is 35.6 Å². The van der Waals surface area contributed by atoms with E-state index in [2.05, 4.69) is 13.8 Å². The molecule has 1 unspecified atom stereocenters. The predicted molar refractivity (Wildman–Crippen MR) is 94.1 cm³/mol. The van der Waals surface area contributed by atoms with Gasteiger partial charge in [0.15, 0.2) is 0 Å². The first-order valence-electron chi connectivity index (χ1n) is 9.28. The number of nitrogens with zero attached hydrogens (tertiary/aromatic N) is 2. The highest BCUT2D eigenvalue weighted by Gasteiger charge is 2.36. The Balaban J connectivity index is 1.77. The first-order chi connectivity index (χ1) is 12.0. The van der Waals surface area contributed by atoms with Crippen molar-refractivity contribution in [2.75, 3.05) is 13.1 Å². The van der Waals surface area contributed by atoms with Crippen molar-refractivity contribution in [3.8, 4) is 0 Å². The molecule has 1 aliphatic carbocycles. The third-order valence-electron chi connectivity index (χ3n) is 5.53. The average molecular weight is 346 g/mol. The molecule has 2 fully saturated rings. The Morgan fingerprint density at radius 3 is 2.48 bits per heavy atom. The van der Waals surface area contributed by atoms with Gasteiger partial charge in [-0.1, -0.05) is 32.4 Å². The van der Waals surface area contributed by atoms with E-state index >= 15 is 0 Å². The lowest BCUT2D eigenvalue weighted by Gasteiger charge is -2.36. The zero-order chi connectivity index (χ0) is 18.0. The van der Waals surface area contributed by atoms with E-state index in [1.807, 2.05) is 9.80 Å². The summed E-state index contributed by atoms with van der Waals surface area (Å²) in [6, 6.07) is 6.29. The Labute approximate surface area is 149 Å². The van der Waals surface area contributed by atoms with Crippen LogP contribution in [0.15, 0.2) is 24.3 Å². The molecular weight excluding hydrogens is 319 g/mol. The van der Waals surface area contributed by atoms with E-state index in [4.69, 9.17) is 0 Å². The minimum absolute atomic E-state index is 0.0101. The van der Waals surface area contributed by atoms with E-state index in [1.54, 1.807) is 12.1 Å². The lowest BCUT2D eigenvalue weighted by atomic mass is 9.84. The van der Waals surface area contributed by atoms with E-state index in [-0.39, 0.29) is 35.5 Å². The van der Waals surface area contributed by atoms with Crippen molar-refractivity contribution < 1.29 is 14.0 Å². The third-order valence-corrected chi connectivity index (χ3v) is 5.53. The van der Waals surface area contributed by atoms with E-state index < -0.39 is 0 Å².